The van der Waals surface area contributed by atoms with Gasteiger partial charge in [0, 0.05) is 18.8 Å². The molecule has 66 heavy (non-hydrogen) atoms. The van der Waals surface area contributed by atoms with Crippen molar-refractivity contribution in [3.8, 4) is 0 Å². The van der Waals surface area contributed by atoms with Crippen molar-refractivity contribution < 1.29 is 64.5 Å². The lowest BCUT2D eigenvalue weighted by atomic mass is 9.88. The predicted molar refractivity (Wildman–Crippen MR) is 232 cm³/mol. The topological polar surface area (TPSA) is 200 Å². The molecule has 1 saturated heterocycles. The molecule has 0 spiro atoms. The molecular formula is C46H56F3N5O11S. The third-order valence-corrected chi connectivity index (χ3v) is 15.2. The van der Waals surface area contributed by atoms with E-state index in [1.807, 2.05) is 43.4 Å². The van der Waals surface area contributed by atoms with E-state index in [0.29, 0.717) is 88.6 Å². The van der Waals surface area contributed by atoms with Gasteiger partial charge >= 0.3 is 12.3 Å². The van der Waals surface area contributed by atoms with Crippen molar-refractivity contribution in [3.05, 3.63) is 82.7 Å². The molecular weight excluding hydrogens is 888 g/mol. The van der Waals surface area contributed by atoms with Gasteiger partial charge in [-0.15, -0.1) is 0 Å². The number of rotatable bonds is 7. The zero-order valence-corrected chi connectivity index (χ0v) is 38.3. The average Bonchev–Trinajstić information content (AvgIpc) is 4.19. The first kappa shape index (κ1) is 47.0. The maximum atomic E-state index is 15.0. The van der Waals surface area contributed by atoms with Crippen molar-refractivity contribution in [2.45, 2.75) is 120 Å². The number of methoxy groups -OCH3 is 1. The van der Waals surface area contributed by atoms with Gasteiger partial charge in [0.15, 0.2) is 5.76 Å². The van der Waals surface area contributed by atoms with Crippen LogP contribution in [0.3, 0.4) is 0 Å². The highest BCUT2D eigenvalue weighted by Gasteiger charge is 2.62. The number of carbonyl (C=O) groups is 4. The molecule has 4 aliphatic heterocycles. The number of alkyl carbamates (subject to hydrolysis) is 1. The molecule has 16 nitrogen and oxygen atoms in total. The highest BCUT2D eigenvalue weighted by atomic mass is 32.2. The van der Waals surface area contributed by atoms with Crippen molar-refractivity contribution in [2.75, 3.05) is 26.9 Å². The van der Waals surface area contributed by atoms with E-state index in [1.165, 1.54) is 4.90 Å². The van der Waals surface area contributed by atoms with Crippen LogP contribution in [0.2, 0.25) is 0 Å². The fourth-order valence-corrected chi connectivity index (χ4v) is 10.5. The summed E-state index contributed by atoms with van der Waals surface area (Å²) in [4.78, 5) is 63.2. The summed E-state index contributed by atoms with van der Waals surface area (Å²) in [5, 5.41) is 4.52. The smallest absolute Gasteiger partial charge is 0.427 e. The van der Waals surface area contributed by atoms with E-state index in [0.717, 1.165) is 11.1 Å². The van der Waals surface area contributed by atoms with Crippen molar-refractivity contribution in [3.63, 3.8) is 0 Å². The minimum absolute atomic E-state index is 0.0548. The van der Waals surface area contributed by atoms with Crippen LogP contribution in [0, 0.1) is 23.7 Å². The summed E-state index contributed by atoms with van der Waals surface area (Å²) in [5.74, 6) is -2.12. The van der Waals surface area contributed by atoms with Gasteiger partial charge in [0.25, 0.3) is 5.91 Å². The molecule has 3 N–H and O–H groups in total. The van der Waals surface area contributed by atoms with E-state index in [4.69, 9.17) is 28.7 Å². The summed E-state index contributed by atoms with van der Waals surface area (Å²) in [6.07, 6.45) is 10.0. The Hall–Kier alpha value is -5.53. The van der Waals surface area contributed by atoms with E-state index in [9.17, 15) is 36.0 Å². The van der Waals surface area contributed by atoms with Crippen LogP contribution in [0.4, 0.5) is 18.0 Å². The lowest BCUT2D eigenvalue weighted by Crippen LogP contribution is -2.59. The lowest BCUT2D eigenvalue weighted by molar-refractivity contribution is -0.244. The highest BCUT2D eigenvalue weighted by molar-refractivity contribution is 7.91. The molecule has 8 aliphatic rings. The largest absolute Gasteiger partial charge is 0.497 e. The third-order valence-electron chi connectivity index (χ3n) is 13.4. The lowest BCUT2D eigenvalue weighted by Gasteiger charge is -2.34. The molecule has 4 aliphatic carbocycles. The minimum atomic E-state index is -4.93. The number of hydrogen-bond acceptors (Lipinski definition) is 12. The third kappa shape index (κ3) is 9.79. The number of nitrogens with zero attached hydrogens (tertiary/aromatic N) is 2. The number of dihydropyridines is 1. The standard InChI is InChI=1S/C46H56F3N5O11S/c1-25-8-6-7-9-29-23-45(29,42(57)53-66(59,60)32-12-13-32)52-39(55)35-22-31(24-54(35)41(56)38(26(2)18-25)51-43(58)65-44(3,4)46(47,48)49)64-40-33-14-11-30(61-5)19-28(33)20-34(50-40)27-10-15-36-37(21-27)63-17-16-62-36/h7,9-11,14-15,19-20,25-26,29,31-33,35,38H,6,8,12-13,16-18,21-24H2,1-5H3,(H,51,58)(H,52,55)(H,53,57)/b9-7-,34-27?/t25-,26+,29+,31+,33?,35-,38-,45+/m0/s1. The zero-order valence-electron chi connectivity index (χ0n) is 37.4. The fourth-order valence-electron chi connectivity index (χ4n) is 9.18. The Kier molecular flexibility index (Phi) is 12.8. The van der Waals surface area contributed by atoms with Crippen molar-refractivity contribution in [1.29, 1.82) is 0 Å². The molecule has 0 aromatic carbocycles. The van der Waals surface area contributed by atoms with Crippen LogP contribution >= 0.6 is 0 Å². The molecule has 2 saturated carbocycles. The summed E-state index contributed by atoms with van der Waals surface area (Å²) in [6.45, 7) is 5.61. The molecule has 4 heterocycles. The monoisotopic (exact) mass is 943 g/mol. The van der Waals surface area contributed by atoms with E-state index >= 15 is 4.79 Å². The van der Waals surface area contributed by atoms with Crippen molar-refractivity contribution >= 4 is 39.7 Å². The van der Waals surface area contributed by atoms with Gasteiger partial charge in [0.2, 0.25) is 33.3 Å². The second-order valence-corrected chi connectivity index (χ2v) is 20.8. The number of fused-ring (bicyclic) bond motifs is 3. The number of sulfonamides is 1. The molecule has 358 valence electrons. The number of nitrogens with one attached hydrogen (secondary N) is 3. The van der Waals surface area contributed by atoms with Crippen LogP contribution in [0.25, 0.3) is 0 Å². The summed E-state index contributed by atoms with van der Waals surface area (Å²) >= 11 is 0. The second kappa shape index (κ2) is 17.9. The molecule has 0 radical (unpaired) electrons. The van der Waals surface area contributed by atoms with Crippen LogP contribution in [0.1, 0.15) is 79.1 Å². The number of carbonyl (C=O) groups excluding carboxylic acids is 4. The summed E-state index contributed by atoms with van der Waals surface area (Å²) in [6, 6.07) is -2.82. The normalized spacial score (nSPS) is 33.0. The van der Waals surface area contributed by atoms with Gasteiger partial charge in [-0.3, -0.25) is 19.1 Å². The van der Waals surface area contributed by atoms with Crippen LogP contribution in [0.15, 0.2) is 87.7 Å². The van der Waals surface area contributed by atoms with E-state index in [-0.39, 0.29) is 31.2 Å². The Labute approximate surface area is 381 Å². The summed E-state index contributed by atoms with van der Waals surface area (Å²) in [5.41, 5.74) is -2.41. The number of halogens is 3. The quantitative estimate of drug-likeness (QED) is 0.275. The SMILES string of the molecule is COC1=CC2=CC(=C3C=CC4=C(C3)OCCO4)N=C(O[C@@H]3C[C@H]4C(=O)N[C@]5(C(=O)NS(=O)(=O)C6CC6)C[C@H]5/C=C\CC[C@H](C)C[C@@H](C)[C@H](NC(=O)OC(C)(C)C(F)(F)F)C(=O)N4C3)C2C=C1. The van der Waals surface area contributed by atoms with Gasteiger partial charge < -0.3 is 39.2 Å². The first-order valence-corrected chi connectivity index (χ1v) is 23.9. The van der Waals surface area contributed by atoms with Crippen molar-refractivity contribution in [1.82, 2.24) is 20.3 Å². The van der Waals surface area contributed by atoms with E-state index in [2.05, 4.69) is 15.4 Å². The Balaban J connectivity index is 1.13. The van der Waals surface area contributed by atoms with Crippen LogP contribution < -0.4 is 15.4 Å². The van der Waals surface area contributed by atoms with E-state index in [1.54, 1.807) is 26.2 Å². The Morgan fingerprint density at radius 3 is 2.50 bits per heavy atom. The Morgan fingerprint density at radius 2 is 1.77 bits per heavy atom. The van der Waals surface area contributed by atoms with Crippen LogP contribution in [-0.4, -0.2) is 111 Å². The van der Waals surface area contributed by atoms with Crippen LogP contribution in [0.5, 0.6) is 0 Å². The number of alkyl halides is 3. The molecule has 0 bridgehead atoms. The summed E-state index contributed by atoms with van der Waals surface area (Å²) < 4.78 is 98.6. The van der Waals surface area contributed by atoms with E-state index < -0.39 is 92.3 Å². The van der Waals surface area contributed by atoms with Gasteiger partial charge in [0.05, 0.1) is 30.5 Å². The predicted octanol–water partition coefficient (Wildman–Crippen LogP) is 5.43. The fraction of sp³-hybridized carbons (Fsp3) is 0.587. The minimum Gasteiger partial charge on any atom is -0.497 e. The van der Waals surface area contributed by atoms with Gasteiger partial charge in [-0.05, 0) is 99.7 Å². The van der Waals surface area contributed by atoms with Crippen LogP contribution in [-0.2, 0) is 48.1 Å². The molecule has 1 unspecified atom stereocenters. The van der Waals surface area contributed by atoms with Gasteiger partial charge in [-0.25, -0.2) is 18.2 Å². The second-order valence-electron chi connectivity index (χ2n) is 18.9. The zero-order chi connectivity index (χ0) is 47.3. The van der Waals surface area contributed by atoms with Gasteiger partial charge in [0.1, 0.15) is 48.5 Å². The molecule has 0 aromatic heterocycles. The number of ether oxygens (including phenoxy) is 5. The molecule has 0 aromatic rings. The molecule has 8 rings (SSSR count). The van der Waals surface area contributed by atoms with Gasteiger partial charge in [-0.1, -0.05) is 38.2 Å². The number of hydrogen-bond donors (Lipinski definition) is 3. The van der Waals surface area contributed by atoms with Crippen molar-refractivity contribution in [2.24, 2.45) is 28.7 Å². The number of aliphatic imine (C=N–C) groups is 1. The summed E-state index contributed by atoms with van der Waals surface area (Å²) in [7, 11) is -2.46. The maximum Gasteiger partial charge on any atom is 0.427 e. The Bertz CT molecular complexity index is 2400. The molecule has 3 fully saturated rings. The number of allylic oxidation sites excluding steroid dienone is 7. The number of amides is 4. The Morgan fingerprint density at radius 1 is 1.02 bits per heavy atom. The first-order valence-electron chi connectivity index (χ1n) is 22.4. The van der Waals surface area contributed by atoms with Gasteiger partial charge in [-0.2, -0.15) is 13.2 Å². The average molecular weight is 944 g/mol. The molecule has 4 amide bonds. The molecule has 8 atom stereocenters. The highest BCUT2D eigenvalue weighted by Crippen LogP contribution is 2.46. The first-order chi connectivity index (χ1) is 31.2. The maximum absolute atomic E-state index is 15.0. The molecule has 20 heteroatoms.